The van der Waals surface area contributed by atoms with Crippen molar-refractivity contribution < 1.29 is 0 Å². The van der Waals surface area contributed by atoms with Gasteiger partial charge in [0, 0.05) is 0 Å². The van der Waals surface area contributed by atoms with Crippen LogP contribution in [0.1, 0.15) is 98.0 Å². The van der Waals surface area contributed by atoms with Crippen LogP contribution in [0.5, 0.6) is 0 Å². The Labute approximate surface area is 147 Å². The maximum Gasteiger partial charge on any atom is -0.0242 e. The first kappa shape index (κ1) is 24.2. The van der Waals surface area contributed by atoms with E-state index in [2.05, 4.69) is 71.5 Å². The van der Waals surface area contributed by atoms with Crippen LogP contribution >= 0.6 is 0 Å². The Bertz CT molecular complexity index is 315. The Balaban J connectivity index is 0. The van der Waals surface area contributed by atoms with E-state index in [9.17, 15) is 0 Å². The molecule has 1 aromatic rings. The number of rotatable bonds is 9. The first-order valence-electron chi connectivity index (χ1n) is 9.86. The molecule has 0 saturated heterocycles. The van der Waals surface area contributed by atoms with Gasteiger partial charge in [0.25, 0.3) is 0 Å². The zero-order valence-electron chi connectivity index (χ0n) is 16.7. The third-order valence-corrected chi connectivity index (χ3v) is 3.74. The van der Waals surface area contributed by atoms with Gasteiger partial charge < -0.3 is 0 Å². The summed E-state index contributed by atoms with van der Waals surface area (Å²) in [7, 11) is 0. The summed E-state index contributed by atoms with van der Waals surface area (Å²) in [6, 6.07) is 10.7. The van der Waals surface area contributed by atoms with Gasteiger partial charge in [-0.2, -0.15) is 0 Å². The molecule has 0 fully saturated rings. The van der Waals surface area contributed by atoms with Gasteiger partial charge >= 0.3 is 0 Å². The zero-order chi connectivity index (χ0) is 17.8. The molecule has 0 spiro atoms. The molecular weight excluding hydrogens is 276 g/mol. The van der Waals surface area contributed by atoms with Crippen molar-refractivity contribution in [3.8, 4) is 0 Å². The highest BCUT2D eigenvalue weighted by atomic mass is 14.0. The van der Waals surface area contributed by atoms with E-state index in [1.54, 1.807) is 0 Å². The van der Waals surface area contributed by atoms with Crippen molar-refractivity contribution in [1.82, 2.24) is 0 Å². The quantitative estimate of drug-likeness (QED) is 0.317. The smallest absolute Gasteiger partial charge is 0.0242 e. The number of hydrogen-bond acceptors (Lipinski definition) is 0. The zero-order valence-corrected chi connectivity index (χ0v) is 16.7. The van der Waals surface area contributed by atoms with E-state index < -0.39 is 0 Å². The van der Waals surface area contributed by atoms with Gasteiger partial charge in [-0.25, -0.2) is 0 Å². The molecule has 0 aliphatic rings. The third-order valence-electron chi connectivity index (χ3n) is 3.74. The highest BCUT2D eigenvalue weighted by molar-refractivity contribution is 5.16. The van der Waals surface area contributed by atoms with Crippen LogP contribution < -0.4 is 0 Å². The molecule has 23 heavy (non-hydrogen) atoms. The molecule has 0 aromatic heterocycles. The second-order valence-corrected chi connectivity index (χ2v) is 6.19. The predicted octanol–water partition coefficient (Wildman–Crippen LogP) is 8.37. The summed E-state index contributed by atoms with van der Waals surface area (Å²) < 4.78 is 0. The minimum atomic E-state index is 1.14. The monoisotopic (exact) mass is 318 g/mol. The average Bonchev–Trinajstić information content (AvgIpc) is 2.61. The van der Waals surface area contributed by atoms with Crippen LogP contribution in [-0.4, -0.2) is 0 Å². The molecule has 0 aliphatic carbocycles. The Hall–Kier alpha value is -1.04. The molecule has 0 aliphatic heterocycles. The van der Waals surface area contributed by atoms with Crippen LogP contribution in [-0.2, 0) is 6.42 Å². The molecule has 0 radical (unpaired) electrons. The fourth-order valence-corrected chi connectivity index (χ4v) is 1.72. The third kappa shape index (κ3) is 21.0. The van der Waals surface area contributed by atoms with E-state index in [4.69, 9.17) is 0 Å². The molecule has 0 heteroatoms. The van der Waals surface area contributed by atoms with Crippen molar-refractivity contribution in [1.29, 1.82) is 0 Å². The maximum absolute atomic E-state index is 4.14. The standard InChI is InChI=1S/C15H22.2C4H10/c1-3-4-6-9-14(2)12-13-15-10-7-5-8-11-15;2*1-3-4-2/h5,7-8,10-11H,2-4,6,9,12-13H2,1H3;2*3-4H2,1-2H3. The van der Waals surface area contributed by atoms with Gasteiger partial charge in [0.05, 0.1) is 0 Å². The van der Waals surface area contributed by atoms with Crippen molar-refractivity contribution in [3.05, 3.63) is 48.0 Å². The summed E-state index contributed by atoms with van der Waals surface area (Å²) in [5.41, 5.74) is 2.83. The summed E-state index contributed by atoms with van der Waals surface area (Å²) in [4.78, 5) is 0. The Morgan fingerprint density at radius 3 is 1.65 bits per heavy atom. The second-order valence-electron chi connectivity index (χ2n) is 6.19. The first-order valence-corrected chi connectivity index (χ1v) is 9.86. The fourth-order valence-electron chi connectivity index (χ4n) is 1.72. The molecule has 0 unspecified atom stereocenters. The van der Waals surface area contributed by atoms with Gasteiger partial charge in [-0.15, -0.1) is 0 Å². The van der Waals surface area contributed by atoms with Crippen LogP contribution in [0.25, 0.3) is 0 Å². The number of allylic oxidation sites excluding steroid dienone is 1. The van der Waals surface area contributed by atoms with Gasteiger partial charge in [0.1, 0.15) is 0 Å². The van der Waals surface area contributed by atoms with E-state index in [0.29, 0.717) is 0 Å². The van der Waals surface area contributed by atoms with E-state index >= 15 is 0 Å². The normalized spacial score (nSPS) is 9.26. The van der Waals surface area contributed by atoms with E-state index in [1.165, 1.54) is 62.5 Å². The van der Waals surface area contributed by atoms with Crippen molar-refractivity contribution in [2.75, 3.05) is 0 Å². The lowest BCUT2D eigenvalue weighted by molar-refractivity contribution is 0.696. The van der Waals surface area contributed by atoms with Gasteiger partial charge in [-0.05, 0) is 31.2 Å². The van der Waals surface area contributed by atoms with Crippen molar-refractivity contribution >= 4 is 0 Å². The fraction of sp³-hybridized carbons (Fsp3) is 0.652. The van der Waals surface area contributed by atoms with E-state index in [1.807, 2.05) is 0 Å². The minimum Gasteiger partial charge on any atom is -0.0999 e. The van der Waals surface area contributed by atoms with Crippen LogP contribution in [0.2, 0.25) is 0 Å². The van der Waals surface area contributed by atoms with E-state index in [-0.39, 0.29) is 0 Å². The molecule has 0 saturated carbocycles. The first-order chi connectivity index (χ1) is 11.2. The van der Waals surface area contributed by atoms with Crippen LogP contribution in [0.3, 0.4) is 0 Å². The summed E-state index contributed by atoms with van der Waals surface area (Å²) in [6.07, 6.45) is 12.7. The Morgan fingerprint density at radius 2 is 1.22 bits per heavy atom. The predicted molar refractivity (Wildman–Crippen MR) is 109 cm³/mol. The molecule has 1 aromatic carbocycles. The molecule has 0 atom stereocenters. The lowest BCUT2D eigenvalue weighted by Gasteiger charge is -2.05. The molecule has 0 amide bonds. The molecule has 0 N–H and O–H groups in total. The van der Waals surface area contributed by atoms with Gasteiger partial charge in [0.15, 0.2) is 0 Å². The van der Waals surface area contributed by atoms with Crippen molar-refractivity contribution in [2.45, 2.75) is 98.8 Å². The molecule has 0 nitrogen and oxygen atoms in total. The Kier molecular flexibility index (Phi) is 22.1. The SMILES string of the molecule is C=C(CCCCC)CCc1ccccc1.CCCC.CCCC. The molecule has 0 heterocycles. The molecule has 134 valence electrons. The number of unbranched alkanes of at least 4 members (excludes halogenated alkanes) is 4. The van der Waals surface area contributed by atoms with E-state index in [0.717, 1.165) is 12.8 Å². The average molecular weight is 319 g/mol. The highest BCUT2D eigenvalue weighted by Gasteiger charge is 1.96. The van der Waals surface area contributed by atoms with Gasteiger partial charge in [0.2, 0.25) is 0 Å². The maximum atomic E-state index is 4.14. The summed E-state index contributed by atoms with van der Waals surface area (Å²) in [5.74, 6) is 0. The van der Waals surface area contributed by atoms with Crippen LogP contribution in [0.4, 0.5) is 0 Å². The topological polar surface area (TPSA) is 0 Å². The second kappa shape index (κ2) is 21.0. The summed E-state index contributed by atoms with van der Waals surface area (Å²) in [6.45, 7) is 15.1. The molecule has 0 bridgehead atoms. The Morgan fingerprint density at radius 1 is 0.696 bits per heavy atom. The summed E-state index contributed by atoms with van der Waals surface area (Å²) in [5, 5.41) is 0. The summed E-state index contributed by atoms with van der Waals surface area (Å²) >= 11 is 0. The largest absolute Gasteiger partial charge is 0.0999 e. The number of hydrogen-bond donors (Lipinski definition) is 0. The van der Waals surface area contributed by atoms with Gasteiger partial charge in [-0.1, -0.05) is 116 Å². The van der Waals surface area contributed by atoms with Crippen LogP contribution in [0, 0.1) is 0 Å². The number of aryl methyl sites for hydroxylation is 1. The number of benzene rings is 1. The minimum absolute atomic E-state index is 1.14. The molecule has 1 rings (SSSR count). The van der Waals surface area contributed by atoms with Gasteiger partial charge in [-0.3, -0.25) is 0 Å². The van der Waals surface area contributed by atoms with Crippen molar-refractivity contribution in [2.24, 2.45) is 0 Å². The lowest BCUT2D eigenvalue weighted by atomic mass is 10.0. The lowest BCUT2D eigenvalue weighted by Crippen LogP contribution is -1.88. The highest BCUT2D eigenvalue weighted by Crippen LogP contribution is 2.13. The molecular formula is C23H42. The van der Waals surface area contributed by atoms with Crippen LogP contribution in [0.15, 0.2) is 42.5 Å². The van der Waals surface area contributed by atoms with Crippen molar-refractivity contribution in [3.63, 3.8) is 0 Å².